The number of ether oxygens (including phenoxy) is 1. The minimum atomic E-state index is -5.10. The van der Waals surface area contributed by atoms with Crippen molar-refractivity contribution in [2.45, 2.75) is 30.9 Å². The molecule has 0 bridgehead atoms. The molecule has 0 spiro atoms. The third-order valence-electron chi connectivity index (χ3n) is 4.84. The molecule has 2 aromatic carbocycles. The number of thiol groups is 1. The van der Waals surface area contributed by atoms with E-state index in [-0.39, 0.29) is 11.3 Å². The van der Waals surface area contributed by atoms with E-state index in [2.05, 4.69) is 17.6 Å². The van der Waals surface area contributed by atoms with Crippen LogP contribution in [-0.2, 0) is 5.60 Å². The molecule has 2 rings (SSSR count). The maximum atomic E-state index is 14.2. The fourth-order valence-electron chi connectivity index (χ4n) is 2.87. The van der Waals surface area contributed by atoms with Crippen LogP contribution in [0, 0.1) is 12.7 Å². The van der Waals surface area contributed by atoms with Gasteiger partial charge in [0, 0.05) is 25.2 Å². The zero-order valence-corrected chi connectivity index (χ0v) is 17.9. The van der Waals surface area contributed by atoms with Gasteiger partial charge in [-0.05, 0) is 43.2 Å². The summed E-state index contributed by atoms with van der Waals surface area (Å²) >= 11 is 4.08. The fourth-order valence-corrected chi connectivity index (χ4v) is 3.32. The van der Waals surface area contributed by atoms with Crippen LogP contribution in [0.1, 0.15) is 28.9 Å². The summed E-state index contributed by atoms with van der Waals surface area (Å²) in [4.78, 5) is 6.08. The number of benzene rings is 2. The summed E-state index contributed by atoms with van der Waals surface area (Å²) in [5, 5.41) is 9.24. The topological polar surface area (TPSA) is 45.1 Å². The molecule has 1 N–H and O–H groups in total. The van der Waals surface area contributed by atoms with Crippen molar-refractivity contribution in [3.05, 3.63) is 58.9 Å². The molecule has 30 heavy (non-hydrogen) atoms. The molecule has 0 aliphatic carbocycles. The van der Waals surface area contributed by atoms with Gasteiger partial charge in [0.15, 0.2) is 0 Å². The van der Waals surface area contributed by atoms with Crippen molar-refractivity contribution in [3.8, 4) is 5.75 Å². The molecule has 0 aromatic heterocycles. The lowest BCUT2D eigenvalue weighted by atomic mass is 9.84. The van der Waals surface area contributed by atoms with E-state index in [4.69, 9.17) is 4.74 Å². The lowest BCUT2D eigenvalue weighted by Gasteiger charge is -2.37. The number of nitrogens with zero attached hydrogens (tertiary/aromatic N) is 2. The Balaban J connectivity index is 2.66. The third-order valence-corrected chi connectivity index (χ3v) is 5.51. The zero-order chi connectivity index (χ0) is 22.7. The maximum Gasteiger partial charge on any atom is 0.423 e. The van der Waals surface area contributed by atoms with Gasteiger partial charge in [0.1, 0.15) is 11.6 Å². The van der Waals surface area contributed by atoms with E-state index in [1.54, 1.807) is 25.2 Å². The first-order chi connectivity index (χ1) is 13.9. The number of aryl methyl sites for hydroxylation is 1. The Bertz CT molecular complexity index is 903. The average molecular weight is 444 g/mol. The Labute approximate surface area is 178 Å². The molecular weight excluding hydrogens is 420 g/mol. The van der Waals surface area contributed by atoms with Crippen molar-refractivity contribution in [1.29, 1.82) is 0 Å². The van der Waals surface area contributed by atoms with Crippen molar-refractivity contribution in [3.63, 3.8) is 0 Å². The van der Waals surface area contributed by atoms with Crippen molar-refractivity contribution >= 4 is 24.7 Å². The predicted octanol–water partition coefficient (Wildman–Crippen LogP) is 5.18. The molecule has 4 nitrogen and oxygen atoms in total. The highest BCUT2D eigenvalue weighted by Gasteiger charge is 2.60. The van der Waals surface area contributed by atoms with Crippen molar-refractivity contribution < 1.29 is 27.4 Å². The first-order valence-corrected chi connectivity index (χ1v) is 9.63. The lowest BCUT2D eigenvalue weighted by molar-refractivity contribution is -0.267. The Morgan fingerprint density at radius 1 is 1.23 bits per heavy atom. The number of hydrogen-bond donors (Lipinski definition) is 2. The summed E-state index contributed by atoms with van der Waals surface area (Å²) < 4.78 is 61.0. The monoisotopic (exact) mass is 444 g/mol. The van der Waals surface area contributed by atoms with Crippen LogP contribution in [0.25, 0.3) is 0 Å². The molecular formula is C21H24F4N2O2S. The highest BCUT2D eigenvalue weighted by molar-refractivity contribution is 7.80. The van der Waals surface area contributed by atoms with Crippen LogP contribution in [0.4, 0.5) is 23.2 Å². The SMILES string of the molecule is CCN(C)C=Nc1cc(OC)c(C(O)(C(S)c2ccc(F)cc2)C(F)(F)F)cc1C. The quantitative estimate of drug-likeness (QED) is 0.268. The predicted molar refractivity (Wildman–Crippen MR) is 112 cm³/mol. The minimum absolute atomic E-state index is 0.00549. The van der Waals surface area contributed by atoms with Gasteiger partial charge in [0.2, 0.25) is 5.60 Å². The summed E-state index contributed by atoms with van der Waals surface area (Å²) in [6, 6.07) is 6.87. The standard InChI is InChI=1S/C21H24F4N2O2S/c1-5-27(3)12-26-17-11-18(29-4)16(10-13(17)2)20(28,21(23,24)25)19(30)14-6-8-15(22)9-7-14/h6-12,19,28,30H,5H2,1-4H3. The van der Waals surface area contributed by atoms with E-state index >= 15 is 0 Å². The van der Waals surface area contributed by atoms with Crippen molar-refractivity contribution in [2.75, 3.05) is 20.7 Å². The van der Waals surface area contributed by atoms with Crippen LogP contribution in [-0.4, -0.2) is 43.2 Å². The number of rotatable bonds is 7. The molecule has 164 valence electrons. The van der Waals surface area contributed by atoms with Gasteiger partial charge in [0.05, 0.1) is 24.4 Å². The summed E-state index contributed by atoms with van der Waals surface area (Å²) in [5.74, 6) is -0.796. The molecule has 0 aliphatic heterocycles. The highest BCUT2D eigenvalue weighted by atomic mass is 32.1. The molecule has 0 heterocycles. The van der Waals surface area contributed by atoms with Crippen LogP contribution in [0.5, 0.6) is 5.75 Å². The molecule has 0 radical (unpaired) electrons. The Morgan fingerprint density at radius 2 is 1.83 bits per heavy atom. The Morgan fingerprint density at radius 3 is 2.33 bits per heavy atom. The van der Waals surface area contributed by atoms with Gasteiger partial charge in [-0.25, -0.2) is 9.38 Å². The molecule has 2 aromatic rings. The van der Waals surface area contributed by atoms with Gasteiger partial charge in [0.25, 0.3) is 0 Å². The van der Waals surface area contributed by atoms with E-state index < -0.39 is 28.4 Å². The van der Waals surface area contributed by atoms with E-state index in [9.17, 15) is 22.7 Å². The summed E-state index contributed by atoms with van der Waals surface area (Å²) in [7, 11) is 3.02. The van der Waals surface area contributed by atoms with Gasteiger partial charge in [-0.1, -0.05) is 12.1 Å². The third kappa shape index (κ3) is 4.73. The molecule has 0 fully saturated rings. The largest absolute Gasteiger partial charge is 0.496 e. The fraction of sp³-hybridized carbons (Fsp3) is 0.381. The second-order valence-corrected chi connectivity index (χ2v) is 7.39. The normalized spacial score (nSPS) is 15.1. The number of hydrogen-bond acceptors (Lipinski definition) is 4. The van der Waals surface area contributed by atoms with E-state index in [0.717, 1.165) is 24.3 Å². The van der Waals surface area contributed by atoms with Gasteiger partial charge in [-0.3, -0.25) is 0 Å². The summed E-state index contributed by atoms with van der Waals surface area (Å²) in [6.45, 7) is 4.21. The van der Waals surface area contributed by atoms with Crippen molar-refractivity contribution in [1.82, 2.24) is 4.90 Å². The molecule has 0 saturated carbocycles. The molecule has 0 saturated heterocycles. The van der Waals surface area contributed by atoms with E-state index in [0.29, 0.717) is 17.8 Å². The first kappa shape index (κ1) is 24.0. The minimum Gasteiger partial charge on any atom is -0.496 e. The first-order valence-electron chi connectivity index (χ1n) is 9.11. The Kier molecular flexibility index (Phi) is 7.41. The molecule has 2 atom stereocenters. The van der Waals surface area contributed by atoms with Crippen molar-refractivity contribution in [2.24, 2.45) is 4.99 Å². The molecule has 0 aliphatic rings. The summed E-state index contributed by atoms with van der Waals surface area (Å²) in [6.07, 6.45) is -3.54. The number of halogens is 4. The number of aliphatic hydroxyl groups is 1. The summed E-state index contributed by atoms with van der Waals surface area (Å²) in [5.41, 5.74) is -3.08. The smallest absolute Gasteiger partial charge is 0.423 e. The lowest BCUT2D eigenvalue weighted by Crippen LogP contribution is -2.46. The average Bonchev–Trinajstić information content (AvgIpc) is 2.70. The van der Waals surface area contributed by atoms with Crippen LogP contribution in [0.2, 0.25) is 0 Å². The Hall–Kier alpha value is -2.26. The van der Waals surface area contributed by atoms with Gasteiger partial charge in [-0.15, -0.1) is 0 Å². The van der Waals surface area contributed by atoms with E-state index in [1.807, 2.05) is 6.92 Å². The van der Waals surface area contributed by atoms with Gasteiger partial charge in [-0.2, -0.15) is 25.8 Å². The number of methoxy groups -OCH3 is 1. The maximum absolute atomic E-state index is 14.2. The molecule has 9 heteroatoms. The zero-order valence-electron chi connectivity index (χ0n) is 17.0. The highest BCUT2D eigenvalue weighted by Crippen LogP contribution is 2.53. The molecule has 0 amide bonds. The second-order valence-electron chi connectivity index (χ2n) is 6.88. The van der Waals surface area contributed by atoms with E-state index in [1.165, 1.54) is 19.2 Å². The van der Waals surface area contributed by atoms with Crippen LogP contribution < -0.4 is 4.74 Å². The van der Waals surface area contributed by atoms with Gasteiger partial charge >= 0.3 is 6.18 Å². The van der Waals surface area contributed by atoms with Crippen LogP contribution in [0.3, 0.4) is 0 Å². The van der Waals surface area contributed by atoms with Crippen LogP contribution in [0.15, 0.2) is 41.4 Å². The molecule has 2 unspecified atom stereocenters. The number of alkyl halides is 3. The van der Waals surface area contributed by atoms with Crippen LogP contribution >= 0.6 is 12.6 Å². The van der Waals surface area contributed by atoms with Gasteiger partial charge < -0.3 is 14.7 Å². The number of aliphatic imine (C=N–C) groups is 1. The second kappa shape index (κ2) is 9.26.